The number of hydrogen-bond donors (Lipinski definition) is 1. The zero-order valence-corrected chi connectivity index (χ0v) is 13.9. The van der Waals surface area contributed by atoms with E-state index in [4.69, 9.17) is 4.74 Å². The third-order valence-electron chi connectivity index (χ3n) is 4.25. The first-order chi connectivity index (χ1) is 10.2. The molecule has 6 nitrogen and oxygen atoms in total. The first-order valence-corrected chi connectivity index (χ1v) is 8.18. The summed E-state index contributed by atoms with van der Waals surface area (Å²) in [4.78, 5) is 27.6. The number of likely N-dealkylation sites (tertiary alicyclic amines) is 2. The molecule has 22 heavy (non-hydrogen) atoms. The van der Waals surface area contributed by atoms with Gasteiger partial charge in [-0.15, -0.1) is 0 Å². The Morgan fingerprint density at radius 2 is 1.68 bits per heavy atom. The third kappa shape index (κ3) is 4.87. The highest BCUT2D eigenvalue weighted by molar-refractivity contribution is 5.76. The van der Waals surface area contributed by atoms with E-state index in [2.05, 4.69) is 0 Å². The van der Waals surface area contributed by atoms with E-state index >= 15 is 0 Å². The summed E-state index contributed by atoms with van der Waals surface area (Å²) in [6.07, 6.45) is 2.25. The third-order valence-corrected chi connectivity index (χ3v) is 4.25. The van der Waals surface area contributed by atoms with E-state index in [0.29, 0.717) is 44.9 Å². The second-order valence-electron chi connectivity index (χ2n) is 7.40. The molecule has 1 atom stereocenters. The molecule has 2 fully saturated rings. The first kappa shape index (κ1) is 17.1. The molecule has 0 saturated carbocycles. The Labute approximate surface area is 132 Å². The Bertz CT molecular complexity index is 411. The number of aliphatic hydroxyl groups is 1. The van der Waals surface area contributed by atoms with Crippen LogP contribution in [-0.2, 0) is 9.53 Å². The summed E-state index contributed by atoms with van der Waals surface area (Å²) < 4.78 is 5.37. The second-order valence-corrected chi connectivity index (χ2v) is 7.40. The summed E-state index contributed by atoms with van der Waals surface area (Å²) in [7, 11) is 0. The fourth-order valence-corrected chi connectivity index (χ4v) is 2.99. The van der Waals surface area contributed by atoms with Crippen molar-refractivity contribution < 1.29 is 19.4 Å². The molecule has 2 amide bonds. The summed E-state index contributed by atoms with van der Waals surface area (Å²) in [5.74, 6) is 0.455. The molecular formula is C16H28N2O4. The molecule has 0 bridgehead atoms. The number of β-amino-alcohol motifs (C(OH)–C–C–N with tert-alkyl or cyclic N) is 1. The van der Waals surface area contributed by atoms with E-state index in [0.717, 1.165) is 12.8 Å². The summed E-state index contributed by atoms with van der Waals surface area (Å²) in [5.41, 5.74) is -0.472. The fourth-order valence-electron chi connectivity index (χ4n) is 2.99. The lowest BCUT2D eigenvalue weighted by Crippen LogP contribution is -2.42. The molecule has 0 radical (unpaired) electrons. The van der Waals surface area contributed by atoms with Gasteiger partial charge in [0, 0.05) is 32.6 Å². The highest BCUT2D eigenvalue weighted by Crippen LogP contribution is 2.24. The van der Waals surface area contributed by atoms with Crippen molar-refractivity contribution in [3.05, 3.63) is 0 Å². The van der Waals surface area contributed by atoms with Gasteiger partial charge in [0.15, 0.2) is 0 Å². The zero-order valence-electron chi connectivity index (χ0n) is 13.9. The zero-order chi connectivity index (χ0) is 16.3. The van der Waals surface area contributed by atoms with Crippen molar-refractivity contribution in [1.82, 2.24) is 9.80 Å². The molecule has 1 N–H and O–H groups in total. The lowest BCUT2D eigenvalue weighted by molar-refractivity contribution is -0.131. The van der Waals surface area contributed by atoms with Crippen LogP contribution >= 0.6 is 0 Å². The molecule has 6 heteroatoms. The van der Waals surface area contributed by atoms with Gasteiger partial charge < -0.3 is 19.6 Å². The first-order valence-electron chi connectivity index (χ1n) is 8.18. The van der Waals surface area contributed by atoms with Gasteiger partial charge in [0.25, 0.3) is 0 Å². The number of rotatable bonds is 2. The van der Waals surface area contributed by atoms with Gasteiger partial charge in [-0.2, -0.15) is 0 Å². The van der Waals surface area contributed by atoms with Gasteiger partial charge >= 0.3 is 6.09 Å². The Morgan fingerprint density at radius 3 is 2.18 bits per heavy atom. The fraction of sp³-hybridized carbons (Fsp3) is 0.875. The van der Waals surface area contributed by atoms with Crippen LogP contribution in [0.5, 0.6) is 0 Å². The van der Waals surface area contributed by atoms with Gasteiger partial charge in [-0.05, 0) is 46.0 Å². The molecule has 2 aliphatic heterocycles. The van der Waals surface area contributed by atoms with Gasteiger partial charge in [0.05, 0.1) is 6.10 Å². The monoisotopic (exact) mass is 312 g/mol. The lowest BCUT2D eigenvalue weighted by atomic mass is 9.93. The minimum atomic E-state index is -0.472. The largest absolute Gasteiger partial charge is 0.444 e. The average Bonchev–Trinajstić information content (AvgIpc) is 2.84. The molecule has 0 spiro atoms. The minimum Gasteiger partial charge on any atom is -0.444 e. The summed E-state index contributed by atoms with van der Waals surface area (Å²) in [5, 5.41) is 9.49. The predicted octanol–water partition coefficient (Wildman–Crippen LogP) is 1.62. The Hall–Kier alpha value is -1.30. The molecule has 2 rings (SSSR count). The maximum absolute atomic E-state index is 12.2. The number of carbonyl (C=O) groups is 2. The van der Waals surface area contributed by atoms with Crippen LogP contribution in [0, 0.1) is 5.92 Å². The highest BCUT2D eigenvalue weighted by atomic mass is 16.6. The van der Waals surface area contributed by atoms with Crippen molar-refractivity contribution in [3.8, 4) is 0 Å². The van der Waals surface area contributed by atoms with E-state index < -0.39 is 5.60 Å². The summed E-state index contributed by atoms with van der Waals surface area (Å²) in [6, 6.07) is 0. The van der Waals surface area contributed by atoms with Crippen LogP contribution in [-0.4, -0.2) is 64.8 Å². The maximum Gasteiger partial charge on any atom is 0.410 e. The lowest BCUT2D eigenvalue weighted by Gasteiger charge is -2.33. The number of aliphatic hydroxyl groups excluding tert-OH is 1. The molecule has 0 aliphatic carbocycles. The van der Waals surface area contributed by atoms with Crippen molar-refractivity contribution in [3.63, 3.8) is 0 Å². The van der Waals surface area contributed by atoms with Gasteiger partial charge in [-0.1, -0.05) is 0 Å². The number of carbonyl (C=O) groups excluding carboxylic acids is 2. The van der Waals surface area contributed by atoms with Crippen LogP contribution < -0.4 is 0 Å². The molecule has 0 aromatic rings. The summed E-state index contributed by atoms with van der Waals surface area (Å²) >= 11 is 0. The normalized spacial score (nSPS) is 23.7. The molecule has 0 aromatic carbocycles. The smallest absolute Gasteiger partial charge is 0.410 e. The van der Waals surface area contributed by atoms with Gasteiger partial charge in [0.1, 0.15) is 5.60 Å². The van der Waals surface area contributed by atoms with Gasteiger partial charge in [-0.3, -0.25) is 4.79 Å². The molecule has 2 heterocycles. The van der Waals surface area contributed by atoms with Gasteiger partial charge in [-0.25, -0.2) is 4.79 Å². The predicted molar refractivity (Wildman–Crippen MR) is 82.4 cm³/mol. The SMILES string of the molecule is CC(C)(C)OC(=O)N1CCC(CC(=O)N2CCC(O)C2)CC1. The van der Waals surface area contributed by atoms with Crippen molar-refractivity contribution in [1.29, 1.82) is 0 Å². The Kier molecular flexibility index (Phi) is 5.32. The molecule has 1 unspecified atom stereocenters. The van der Waals surface area contributed by atoms with Crippen LogP contribution in [0.25, 0.3) is 0 Å². The molecule has 2 aliphatic rings. The van der Waals surface area contributed by atoms with Crippen molar-refractivity contribution in [2.75, 3.05) is 26.2 Å². The minimum absolute atomic E-state index is 0.132. The number of nitrogens with zero attached hydrogens (tertiary/aromatic N) is 2. The van der Waals surface area contributed by atoms with Crippen LogP contribution in [0.4, 0.5) is 4.79 Å². The molecular weight excluding hydrogens is 284 g/mol. The number of ether oxygens (including phenoxy) is 1. The van der Waals surface area contributed by atoms with Crippen molar-refractivity contribution >= 4 is 12.0 Å². The van der Waals surface area contributed by atoms with Crippen LogP contribution in [0.15, 0.2) is 0 Å². The maximum atomic E-state index is 12.2. The average molecular weight is 312 g/mol. The molecule has 126 valence electrons. The van der Waals surface area contributed by atoms with Crippen molar-refractivity contribution in [2.45, 2.75) is 58.2 Å². The second kappa shape index (κ2) is 6.86. The van der Waals surface area contributed by atoms with Crippen LogP contribution in [0.2, 0.25) is 0 Å². The highest BCUT2D eigenvalue weighted by Gasteiger charge is 2.30. The van der Waals surface area contributed by atoms with E-state index in [1.807, 2.05) is 20.8 Å². The van der Waals surface area contributed by atoms with Crippen LogP contribution in [0.3, 0.4) is 0 Å². The van der Waals surface area contributed by atoms with E-state index in [-0.39, 0.29) is 18.1 Å². The van der Waals surface area contributed by atoms with E-state index in [1.54, 1.807) is 9.80 Å². The Morgan fingerprint density at radius 1 is 1.09 bits per heavy atom. The summed E-state index contributed by atoms with van der Waals surface area (Å²) in [6.45, 7) is 8.01. The number of piperidine rings is 1. The van der Waals surface area contributed by atoms with E-state index in [9.17, 15) is 14.7 Å². The molecule has 0 aromatic heterocycles. The Balaban J connectivity index is 1.73. The standard InChI is InChI=1S/C16H28N2O4/c1-16(2,3)22-15(21)17-7-4-12(5-8-17)10-14(20)18-9-6-13(19)11-18/h12-13,19H,4-11H2,1-3H3. The quantitative estimate of drug-likeness (QED) is 0.841. The van der Waals surface area contributed by atoms with Crippen molar-refractivity contribution in [2.24, 2.45) is 5.92 Å². The number of amides is 2. The van der Waals surface area contributed by atoms with Crippen LogP contribution in [0.1, 0.15) is 46.5 Å². The topological polar surface area (TPSA) is 70.1 Å². The number of hydrogen-bond acceptors (Lipinski definition) is 4. The van der Waals surface area contributed by atoms with Gasteiger partial charge in [0.2, 0.25) is 5.91 Å². The molecule has 2 saturated heterocycles. The van der Waals surface area contributed by atoms with E-state index in [1.165, 1.54) is 0 Å².